The van der Waals surface area contributed by atoms with E-state index in [1.165, 1.54) is 7.05 Å². The lowest BCUT2D eigenvalue weighted by Gasteiger charge is -2.14. The zero-order chi connectivity index (χ0) is 12.1. The van der Waals surface area contributed by atoms with Crippen molar-refractivity contribution in [1.82, 2.24) is 10.4 Å². The summed E-state index contributed by atoms with van der Waals surface area (Å²) >= 11 is 5.89. The van der Waals surface area contributed by atoms with Crippen LogP contribution in [0.1, 0.15) is 11.1 Å². The first-order chi connectivity index (χ1) is 7.54. The number of hydrogen-bond acceptors (Lipinski definition) is 2. The average Bonchev–Trinajstić information content (AvgIpc) is 2.29. The predicted octanol–water partition coefficient (Wildman–Crippen LogP) is 2.22. The number of nitrogens with zero attached hydrogens (tertiary/aromatic N) is 1. The highest BCUT2D eigenvalue weighted by Crippen LogP contribution is 2.16. The van der Waals surface area contributed by atoms with Crippen LogP contribution in [0.4, 0.5) is 4.79 Å². The van der Waals surface area contributed by atoms with Crippen LogP contribution < -0.4 is 5.32 Å². The molecule has 0 aromatic heterocycles. The van der Waals surface area contributed by atoms with Crippen LogP contribution in [0.25, 0.3) is 0 Å². The number of aryl methyl sites for hydroxylation is 1. The minimum atomic E-state index is -0.509. The Morgan fingerprint density at radius 1 is 1.56 bits per heavy atom. The minimum Gasteiger partial charge on any atom is -0.339 e. The van der Waals surface area contributed by atoms with Crippen molar-refractivity contribution in [2.75, 3.05) is 13.6 Å². The van der Waals surface area contributed by atoms with Gasteiger partial charge in [-0.1, -0.05) is 23.7 Å². The van der Waals surface area contributed by atoms with Gasteiger partial charge in [0.25, 0.3) is 0 Å². The third-order valence-electron chi connectivity index (χ3n) is 2.28. The van der Waals surface area contributed by atoms with Crippen LogP contribution in [0.2, 0.25) is 5.02 Å². The van der Waals surface area contributed by atoms with Gasteiger partial charge in [-0.15, -0.1) is 0 Å². The molecule has 0 aliphatic rings. The SMILES string of the molecule is CNC(=O)N(O)CCc1ccc(Cl)c(C)c1. The minimum absolute atomic E-state index is 0.251. The molecule has 0 aliphatic carbocycles. The van der Waals surface area contributed by atoms with E-state index in [1.807, 2.05) is 25.1 Å². The van der Waals surface area contributed by atoms with Gasteiger partial charge in [0.1, 0.15) is 0 Å². The first-order valence-corrected chi connectivity index (χ1v) is 5.35. The quantitative estimate of drug-likeness (QED) is 0.631. The standard InChI is InChI=1S/C11H15ClN2O2/c1-8-7-9(3-4-10(8)12)5-6-14(16)11(15)13-2/h3-4,7,16H,5-6H2,1-2H3,(H,13,15). The van der Waals surface area contributed by atoms with E-state index in [0.29, 0.717) is 11.5 Å². The van der Waals surface area contributed by atoms with E-state index in [0.717, 1.165) is 16.1 Å². The molecule has 5 heteroatoms. The van der Waals surface area contributed by atoms with E-state index in [2.05, 4.69) is 5.32 Å². The van der Waals surface area contributed by atoms with E-state index in [9.17, 15) is 10.0 Å². The molecule has 0 atom stereocenters. The van der Waals surface area contributed by atoms with Crippen molar-refractivity contribution in [2.45, 2.75) is 13.3 Å². The largest absolute Gasteiger partial charge is 0.340 e. The molecule has 2 N–H and O–H groups in total. The number of benzene rings is 1. The molecule has 0 unspecified atom stereocenters. The van der Waals surface area contributed by atoms with Gasteiger partial charge < -0.3 is 5.32 Å². The van der Waals surface area contributed by atoms with Crippen molar-refractivity contribution in [2.24, 2.45) is 0 Å². The van der Waals surface area contributed by atoms with Crippen LogP contribution in [-0.4, -0.2) is 29.9 Å². The molecule has 0 saturated carbocycles. The van der Waals surface area contributed by atoms with Crippen LogP contribution in [0.5, 0.6) is 0 Å². The van der Waals surface area contributed by atoms with Crippen molar-refractivity contribution in [3.05, 3.63) is 34.3 Å². The second-order valence-corrected chi connectivity index (χ2v) is 3.92. The second kappa shape index (κ2) is 5.72. The predicted molar refractivity (Wildman–Crippen MR) is 62.8 cm³/mol. The first kappa shape index (κ1) is 12.8. The van der Waals surface area contributed by atoms with Gasteiger partial charge in [0.2, 0.25) is 0 Å². The lowest BCUT2D eigenvalue weighted by atomic mass is 10.1. The van der Waals surface area contributed by atoms with Crippen LogP contribution in [-0.2, 0) is 6.42 Å². The van der Waals surface area contributed by atoms with Gasteiger partial charge >= 0.3 is 6.03 Å². The summed E-state index contributed by atoms with van der Waals surface area (Å²) in [7, 11) is 1.47. The van der Waals surface area contributed by atoms with Crippen molar-refractivity contribution >= 4 is 17.6 Å². The van der Waals surface area contributed by atoms with E-state index in [4.69, 9.17) is 11.6 Å². The molecular weight excluding hydrogens is 228 g/mol. The zero-order valence-electron chi connectivity index (χ0n) is 9.33. The third kappa shape index (κ3) is 3.40. The van der Waals surface area contributed by atoms with E-state index < -0.39 is 6.03 Å². The Bertz CT molecular complexity index is 382. The number of carbonyl (C=O) groups excluding carboxylic acids is 1. The van der Waals surface area contributed by atoms with Crippen molar-refractivity contribution in [3.8, 4) is 0 Å². The number of carbonyl (C=O) groups is 1. The summed E-state index contributed by atoms with van der Waals surface area (Å²) in [6.45, 7) is 2.17. The van der Waals surface area contributed by atoms with Gasteiger partial charge in [-0.05, 0) is 30.5 Å². The Kier molecular flexibility index (Phi) is 4.58. The molecule has 0 fully saturated rings. The molecule has 0 aliphatic heterocycles. The van der Waals surface area contributed by atoms with Crippen LogP contribution in [0.3, 0.4) is 0 Å². The number of urea groups is 1. The highest BCUT2D eigenvalue weighted by atomic mass is 35.5. The van der Waals surface area contributed by atoms with Gasteiger partial charge in [-0.3, -0.25) is 5.21 Å². The van der Waals surface area contributed by atoms with Gasteiger partial charge in [0.15, 0.2) is 0 Å². The smallest absolute Gasteiger partial charge is 0.339 e. The maximum atomic E-state index is 11.0. The summed E-state index contributed by atoms with van der Waals surface area (Å²) in [4.78, 5) is 11.0. The molecule has 0 bridgehead atoms. The highest BCUT2D eigenvalue weighted by Gasteiger charge is 2.07. The topological polar surface area (TPSA) is 52.6 Å². The molecule has 16 heavy (non-hydrogen) atoms. The average molecular weight is 243 g/mol. The highest BCUT2D eigenvalue weighted by molar-refractivity contribution is 6.31. The fourth-order valence-electron chi connectivity index (χ4n) is 1.33. The number of hydrogen-bond donors (Lipinski definition) is 2. The molecule has 0 saturated heterocycles. The van der Waals surface area contributed by atoms with Crippen LogP contribution in [0.15, 0.2) is 18.2 Å². The molecule has 2 amide bonds. The summed E-state index contributed by atoms with van der Waals surface area (Å²) in [5.41, 5.74) is 2.02. The fraction of sp³-hybridized carbons (Fsp3) is 0.364. The van der Waals surface area contributed by atoms with Crippen molar-refractivity contribution in [3.63, 3.8) is 0 Å². The Hall–Kier alpha value is -1.26. The molecule has 1 rings (SSSR count). The van der Waals surface area contributed by atoms with Crippen molar-refractivity contribution in [1.29, 1.82) is 0 Å². The summed E-state index contributed by atoms with van der Waals surface area (Å²) in [5.74, 6) is 0. The number of rotatable bonds is 3. The van der Waals surface area contributed by atoms with Gasteiger partial charge in [-0.2, -0.15) is 0 Å². The first-order valence-electron chi connectivity index (χ1n) is 4.97. The molecule has 0 heterocycles. The molecule has 4 nitrogen and oxygen atoms in total. The fourth-order valence-corrected chi connectivity index (χ4v) is 1.45. The lowest BCUT2D eigenvalue weighted by Crippen LogP contribution is -2.36. The zero-order valence-corrected chi connectivity index (χ0v) is 10.1. The Labute approximate surface area is 99.8 Å². The summed E-state index contributed by atoms with van der Waals surface area (Å²) < 4.78 is 0. The number of amides is 2. The molecular formula is C11H15ClN2O2. The summed E-state index contributed by atoms with van der Waals surface area (Å²) in [5, 5.41) is 13.0. The second-order valence-electron chi connectivity index (χ2n) is 3.51. The maximum Gasteiger partial charge on any atom is 0.340 e. The summed E-state index contributed by atoms with van der Waals surface area (Å²) in [6, 6.07) is 5.13. The molecule has 88 valence electrons. The van der Waals surface area contributed by atoms with E-state index >= 15 is 0 Å². The number of nitrogens with one attached hydrogen (secondary N) is 1. The number of hydroxylamine groups is 2. The van der Waals surface area contributed by atoms with Gasteiger partial charge in [0, 0.05) is 12.1 Å². The maximum absolute atomic E-state index is 11.0. The normalized spacial score (nSPS) is 10.0. The molecule has 0 radical (unpaired) electrons. The Morgan fingerprint density at radius 3 is 2.81 bits per heavy atom. The molecule has 0 spiro atoms. The molecule has 1 aromatic rings. The Morgan fingerprint density at radius 2 is 2.25 bits per heavy atom. The van der Waals surface area contributed by atoms with Gasteiger partial charge in [-0.25, -0.2) is 9.86 Å². The van der Waals surface area contributed by atoms with E-state index in [1.54, 1.807) is 0 Å². The van der Waals surface area contributed by atoms with Crippen LogP contribution >= 0.6 is 11.6 Å². The van der Waals surface area contributed by atoms with Crippen molar-refractivity contribution < 1.29 is 10.0 Å². The van der Waals surface area contributed by atoms with Gasteiger partial charge in [0.05, 0.1) is 6.54 Å². The monoisotopic (exact) mass is 242 g/mol. The van der Waals surface area contributed by atoms with Crippen LogP contribution in [0, 0.1) is 6.92 Å². The summed E-state index contributed by atoms with van der Waals surface area (Å²) in [6.07, 6.45) is 0.585. The Balaban J connectivity index is 2.55. The number of halogens is 1. The lowest BCUT2D eigenvalue weighted by molar-refractivity contribution is -0.0413. The third-order valence-corrected chi connectivity index (χ3v) is 2.71. The molecule has 1 aromatic carbocycles. The van der Waals surface area contributed by atoms with E-state index in [-0.39, 0.29) is 6.54 Å².